The number of aliphatic hydroxyl groups is 4. The molecular formula is C11H24O4. The van der Waals surface area contributed by atoms with Gasteiger partial charge >= 0.3 is 0 Å². The highest BCUT2D eigenvalue weighted by atomic mass is 16.3. The first-order valence-electron chi connectivity index (χ1n) is 5.41. The van der Waals surface area contributed by atoms with Gasteiger partial charge in [0.25, 0.3) is 0 Å². The molecule has 5 atom stereocenters. The first-order chi connectivity index (χ1) is 6.68. The molecule has 0 radical (unpaired) electrons. The fourth-order valence-corrected chi connectivity index (χ4v) is 2.61. The summed E-state index contributed by atoms with van der Waals surface area (Å²) < 4.78 is 0. The number of aliphatic hydroxyl groups excluding tert-OH is 4. The van der Waals surface area contributed by atoms with E-state index in [1.807, 2.05) is 0 Å². The molecule has 0 aliphatic rings. The van der Waals surface area contributed by atoms with Gasteiger partial charge in [0.15, 0.2) is 0 Å². The van der Waals surface area contributed by atoms with Crippen molar-refractivity contribution in [3.05, 3.63) is 0 Å². The van der Waals surface area contributed by atoms with Gasteiger partial charge in [-0.3, -0.25) is 0 Å². The Morgan fingerprint density at radius 2 is 0.933 bits per heavy atom. The van der Waals surface area contributed by atoms with Crippen molar-refractivity contribution < 1.29 is 20.4 Å². The highest BCUT2D eigenvalue weighted by Gasteiger charge is 2.50. The third-order valence-corrected chi connectivity index (χ3v) is 3.68. The Morgan fingerprint density at radius 1 is 0.667 bits per heavy atom. The van der Waals surface area contributed by atoms with E-state index in [0.717, 1.165) is 0 Å². The molecule has 0 aromatic carbocycles. The van der Waals surface area contributed by atoms with Gasteiger partial charge in [-0.05, 0) is 33.6 Å². The average Bonchev–Trinajstić information content (AvgIpc) is 2.02. The number of hydrogen-bond acceptors (Lipinski definition) is 4. The summed E-state index contributed by atoms with van der Waals surface area (Å²) in [7, 11) is 0. The fraction of sp³-hybridized carbons (Fsp3) is 1.00. The lowest BCUT2D eigenvalue weighted by atomic mass is 9.63. The molecule has 0 aliphatic carbocycles. The Bertz CT molecular complexity index is 165. The SMILES string of the molecule is CC(O)C(C)C(C(C)O)(C(C)O)C(C)O. The lowest BCUT2D eigenvalue weighted by Gasteiger charge is -2.47. The van der Waals surface area contributed by atoms with Crippen LogP contribution in [0.5, 0.6) is 0 Å². The molecule has 0 amide bonds. The minimum Gasteiger partial charge on any atom is -0.393 e. The average molecular weight is 220 g/mol. The maximum atomic E-state index is 9.79. The number of rotatable bonds is 5. The van der Waals surface area contributed by atoms with Gasteiger partial charge in [0, 0.05) is 0 Å². The van der Waals surface area contributed by atoms with Crippen LogP contribution in [0.1, 0.15) is 34.6 Å². The Hall–Kier alpha value is -0.160. The van der Waals surface area contributed by atoms with Crippen molar-refractivity contribution in [2.45, 2.75) is 59.0 Å². The molecule has 0 saturated carbocycles. The Labute approximate surface area is 91.6 Å². The maximum absolute atomic E-state index is 9.79. The van der Waals surface area contributed by atoms with E-state index in [1.54, 1.807) is 13.8 Å². The predicted molar refractivity (Wildman–Crippen MR) is 58.3 cm³/mol. The molecule has 0 aromatic heterocycles. The van der Waals surface area contributed by atoms with Gasteiger partial charge in [0.1, 0.15) is 0 Å². The van der Waals surface area contributed by atoms with Crippen LogP contribution in [0.25, 0.3) is 0 Å². The summed E-state index contributed by atoms with van der Waals surface area (Å²) in [6.45, 7) is 7.89. The summed E-state index contributed by atoms with van der Waals surface area (Å²) in [5, 5.41) is 38.9. The van der Waals surface area contributed by atoms with Crippen molar-refractivity contribution in [2.24, 2.45) is 11.3 Å². The summed E-state index contributed by atoms with van der Waals surface area (Å²) in [5.41, 5.74) is -1.10. The van der Waals surface area contributed by atoms with Crippen LogP contribution in [0.3, 0.4) is 0 Å². The quantitative estimate of drug-likeness (QED) is 0.531. The van der Waals surface area contributed by atoms with E-state index in [-0.39, 0.29) is 0 Å². The van der Waals surface area contributed by atoms with E-state index in [0.29, 0.717) is 0 Å². The Kier molecular flexibility index (Phi) is 5.20. The van der Waals surface area contributed by atoms with Crippen LogP contribution in [-0.2, 0) is 0 Å². The maximum Gasteiger partial charge on any atom is 0.0621 e. The zero-order valence-corrected chi connectivity index (χ0v) is 10.2. The van der Waals surface area contributed by atoms with Crippen LogP contribution in [0.2, 0.25) is 0 Å². The van der Waals surface area contributed by atoms with Gasteiger partial charge in [-0.1, -0.05) is 6.92 Å². The largest absolute Gasteiger partial charge is 0.393 e. The molecule has 15 heavy (non-hydrogen) atoms. The Balaban J connectivity index is 5.32. The van der Waals surface area contributed by atoms with Crippen LogP contribution >= 0.6 is 0 Å². The van der Waals surface area contributed by atoms with Gasteiger partial charge in [-0.15, -0.1) is 0 Å². The summed E-state index contributed by atoms with van der Waals surface area (Å²) in [6.07, 6.45) is -3.41. The van der Waals surface area contributed by atoms with Crippen molar-refractivity contribution in [3.63, 3.8) is 0 Å². The zero-order chi connectivity index (χ0) is 12.4. The molecule has 0 saturated heterocycles. The van der Waals surface area contributed by atoms with E-state index >= 15 is 0 Å². The molecule has 0 aromatic rings. The van der Waals surface area contributed by atoms with Gasteiger partial charge in [0.2, 0.25) is 0 Å². The highest BCUT2D eigenvalue weighted by Crippen LogP contribution is 2.40. The summed E-state index contributed by atoms with van der Waals surface area (Å²) in [4.78, 5) is 0. The van der Waals surface area contributed by atoms with E-state index in [4.69, 9.17) is 0 Å². The highest BCUT2D eigenvalue weighted by molar-refractivity contribution is 4.98. The van der Waals surface area contributed by atoms with E-state index in [2.05, 4.69) is 0 Å². The molecule has 0 spiro atoms. The third-order valence-electron chi connectivity index (χ3n) is 3.68. The van der Waals surface area contributed by atoms with Gasteiger partial charge < -0.3 is 20.4 Å². The van der Waals surface area contributed by atoms with Crippen molar-refractivity contribution in [3.8, 4) is 0 Å². The summed E-state index contributed by atoms with van der Waals surface area (Å²) >= 11 is 0. The summed E-state index contributed by atoms with van der Waals surface area (Å²) in [6, 6.07) is 0. The van der Waals surface area contributed by atoms with Crippen molar-refractivity contribution in [1.29, 1.82) is 0 Å². The molecule has 4 nitrogen and oxygen atoms in total. The van der Waals surface area contributed by atoms with Crippen LogP contribution in [0, 0.1) is 11.3 Å². The van der Waals surface area contributed by atoms with E-state index in [9.17, 15) is 20.4 Å². The smallest absolute Gasteiger partial charge is 0.0621 e. The van der Waals surface area contributed by atoms with Crippen LogP contribution in [-0.4, -0.2) is 44.8 Å². The van der Waals surface area contributed by atoms with Crippen LogP contribution in [0.4, 0.5) is 0 Å². The molecule has 4 heteroatoms. The Morgan fingerprint density at radius 3 is 1.00 bits per heavy atom. The molecule has 0 bridgehead atoms. The van der Waals surface area contributed by atoms with Crippen LogP contribution < -0.4 is 0 Å². The first-order valence-corrected chi connectivity index (χ1v) is 5.41. The fourth-order valence-electron chi connectivity index (χ4n) is 2.61. The van der Waals surface area contributed by atoms with E-state index in [1.165, 1.54) is 20.8 Å². The zero-order valence-electron chi connectivity index (χ0n) is 10.2. The van der Waals surface area contributed by atoms with Gasteiger partial charge in [-0.25, -0.2) is 0 Å². The predicted octanol–water partition coefficient (Wildman–Crippen LogP) is 0.132. The van der Waals surface area contributed by atoms with Crippen molar-refractivity contribution in [1.82, 2.24) is 0 Å². The second-order valence-corrected chi connectivity index (χ2v) is 4.56. The first kappa shape index (κ1) is 14.8. The molecule has 0 heterocycles. The molecule has 0 aliphatic heterocycles. The normalized spacial score (nSPS) is 26.2. The molecule has 0 rings (SSSR count). The molecule has 92 valence electrons. The monoisotopic (exact) mass is 220 g/mol. The van der Waals surface area contributed by atoms with Gasteiger partial charge in [-0.2, -0.15) is 0 Å². The molecule has 5 unspecified atom stereocenters. The molecule has 0 fully saturated rings. The molecular weight excluding hydrogens is 196 g/mol. The standard InChI is InChI=1S/C11H24O4/c1-6(7(2)12)11(8(3)13,9(4)14)10(5)15/h6-10,12-15H,1-5H3. The van der Waals surface area contributed by atoms with E-state index < -0.39 is 35.7 Å². The lowest BCUT2D eigenvalue weighted by molar-refractivity contribution is -0.170. The second kappa shape index (κ2) is 5.25. The minimum absolute atomic E-state index is 0.405. The minimum atomic E-state index is -1.10. The summed E-state index contributed by atoms with van der Waals surface area (Å²) in [5.74, 6) is -0.405. The van der Waals surface area contributed by atoms with Crippen molar-refractivity contribution >= 4 is 0 Å². The third kappa shape index (κ3) is 2.50. The van der Waals surface area contributed by atoms with Crippen molar-refractivity contribution in [2.75, 3.05) is 0 Å². The topological polar surface area (TPSA) is 80.9 Å². The van der Waals surface area contributed by atoms with Gasteiger partial charge in [0.05, 0.1) is 29.8 Å². The number of hydrogen-bond donors (Lipinski definition) is 4. The lowest BCUT2D eigenvalue weighted by Crippen LogP contribution is -2.57. The molecule has 4 N–H and O–H groups in total. The second-order valence-electron chi connectivity index (χ2n) is 4.56. The van der Waals surface area contributed by atoms with Crippen LogP contribution in [0.15, 0.2) is 0 Å².